The number of H-pyrrole nitrogens is 1. The van der Waals surface area contributed by atoms with Gasteiger partial charge in [-0.1, -0.05) is 29.3 Å². The van der Waals surface area contributed by atoms with Crippen molar-refractivity contribution in [3.05, 3.63) is 81.0 Å². The van der Waals surface area contributed by atoms with Gasteiger partial charge < -0.3 is 20.3 Å². The Hall–Kier alpha value is -3.17. The van der Waals surface area contributed by atoms with Crippen LogP contribution in [0, 0.1) is 0 Å². The lowest BCUT2D eigenvalue weighted by Gasteiger charge is -2.30. The van der Waals surface area contributed by atoms with E-state index >= 15 is 0 Å². The number of rotatable bonds is 7. The number of pyridine rings is 1. The molecule has 2 aromatic heterocycles. The van der Waals surface area contributed by atoms with Crippen molar-refractivity contribution in [2.45, 2.75) is 44.1 Å². The first-order valence-electron chi connectivity index (χ1n) is 14.2. The maximum absolute atomic E-state index is 13.7. The highest BCUT2D eigenvalue weighted by Crippen LogP contribution is 2.32. The summed E-state index contributed by atoms with van der Waals surface area (Å²) < 4.78 is 5.56. The lowest BCUT2D eigenvalue weighted by atomic mass is 9.88. The van der Waals surface area contributed by atoms with Gasteiger partial charge in [0.05, 0.1) is 11.1 Å². The van der Waals surface area contributed by atoms with Crippen molar-refractivity contribution in [2.75, 3.05) is 44.0 Å². The van der Waals surface area contributed by atoms with Gasteiger partial charge in [0, 0.05) is 47.1 Å². The quantitative estimate of drug-likeness (QED) is 0.226. The molecular formula is C31H34Cl2N6O2. The number of aromatic amines is 1. The highest BCUT2D eigenvalue weighted by atomic mass is 35.5. The lowest BCUT2D eigenvalue weighted by Crippen LogP contribution is -2.30. The number of aromatic nitrogens is 3. The lowest BCUT2D eigenvalue weighted by molar-refractivity contribution is 0.0904. The molecule has 41 heavy (non-hydrogen) atoms. The zero-order valence-electron chi connectivity index (χ0n) is 23.1. The molecule has 214 valence electrons. The monoisotopic (exact) mass is 592 g/mol. The van der Waals surface area contributed by atoms with Gasteiger partial charge in [-0.15, -0.1) is 0 Å². The Labute approximate surface area is 249 Å². The van der Waals surface area contributed by atoms with Gasteiger partial charge >= 0.3 is 0 Å². The molecule has 2 aliphatic rings. The number of nitrogens with one attached hydrogen (secondary N) is 3. The number of nitrogens with zero attached hydrogens (tertiary/aromatic N) is 3. The van der Waals surface area contributed by atoms with Crippen LogP contribution in [0.4, 0.5) is 11.5 Å². The Bertz CT molecular complexity index is 1540. The summed E-state index contributed by atoms with van der Waals surface area (Å²) in [6, 6.07) is 15.7. The van der Waals surface area contributed by atoms with Crippen LogP contribution < -0.4 is 10.6 Å². The molecule has 6 rings (SSSR count). The van der Waals surface area contributed by atoms with E-state index in [1.807, 2.05) is 24.3 Å². The maximum atomic E-state index is 13.7. The number of halogens is 2. The number of amides is 1. The molecule has 0 bridgehead atoms. The topological polar surface area (TPSA) is 95.2 Å². The van der Waals surface area contributed by atoms with Gasteiger partial charge in [0.1, 0.15) is 5.52 Å². The minimum atomic E-state index is -0.229. The third kappa shape index (κ3) is 6.51. The van der Waals surface area contributed by atoms with Gasteiger partial charge in [-0.25, -0.2) is 4.98 Å². The number of hydrogen-bond acceptors (Lipinski definition) is 6. The summed E-state index contributed by atoms with van der Waals surface area (Å²) in [5.74, 6) is 0.651. The van der Waals surface area contributed by atoms with Gasteiger partial charge in [-0.2, -0.15) is 5.10 Å². The molecule has 2 aromatic carbocycles. The molecule has 2 saturated heterocycles. The van der Waals surface area contributed by atoms with E-state index in [2.05, 4.69) is 44.9 Å². The van der Waals surface area contributed by atoms with Crippen molar-refractivity contribution >= 4 is 51.6 Å². The molecule has 0 saturated carbocycles. The maximum Gasteiger partial charge on any atom is 0.259 e. The smallest absolute Gasteiger partial charge is 0.259 e. The first-order chi connectivity index (χ1) is 19.9. The van der Waals surface area contributed by atoms with Crippen molar-refractivity contribution < 1.29 is 9.53 Å². The number of likely N-dealkylation sites (tertiary alicyclic amines) is 1. The average Bonchev–Trinajstić information content (AvgIpc) is 3.37. The van der Waals surface area contributed by atoms with E-state index in [1.54, 1.807) is 12.1 Å². The van der Waals surface area contributed by atoms with Crippen molar-refractivity contribution in [3.8, 4) is 0 Å². The van der Waals surface area contributed by atoms with E-state index in [9.17, 15) is 4.79 Å². The van der Waals surface area contributed by atoms with Crippen LogP contribution >= 0.6 is 23.2 Å². The second-order valence-corrected chi connectivity index (χ2v) is 11.9. The summed E-state index contributed by atoms with van der Waals surface area (Å²) in [7, 11) is 2.17. The molecular weight excluding hydrogens is 559 g/mol. The molecule has 3 N–H and O–H groups in total. The molecule has 1 amide bonds. The third-order valence-electron chi connectivity index (χ3n) is 8.14. The highest BCUT2D eigenvalue weighted by molar-refractivity contribution is 6.33. The Kier molecular flexibility index (Phi) is 8.44. The molecule has 0 unspecified atom stereocenters. The number of hydrogen-bond donors (Lipinski definition) is 3. The predicted molar refractivity (Wildman–Crippen MR) is 164 cm³/mol. The fourth-order valence-corrected chi connectivity index (χ4v) is 6.09. The predicted octanol–water partition coefficient (Wildman–Crippen LogP) is 6.51. The summed E-state index contributed by atoms with van der Waals surface area (Å²) in [6.45, 7) is 3.61. The molecule has 2 fully saturated rings. The summed E-state index contributed by atoms with van der Waals surface area (Å²) in [4.78, 5) is 20.9. The SMILES string of the molecule is CN1CCC(c2ccc(C(=O)Nc3n[nH]c4ccc(Cc5cc(Cl)ccc5Cl)nc34)c(NC3CCOCC3)c2)CC1. The molecule has 2 aliphatic heterocycles. The van der Waals surface area contributed by atoms with Gasteiger partial charge in [-0.05, 0) is 105 Å². The first kappa shape index (κ1) is 28.0. The summed E-state index contributed by atoms with van der Waals surface area (Å²) in [5.41, 5.74) is 5.73. The molecule has 10 heteroatoms. The highest BCUT2D eigenvalue weighted by Gasteiger charge is 2.23. The van der Waals surface area contributed by atoms with Crippen molar-refractivity contribution in [1.29, 1.82) is 0 Å². The first-order valence-corrected chi connectivity index (χ1v) is 14.9. The fourth-order valence-electron chi connectivity index (χ4n) is 5.71. The van der Waals surface area contributed by atoms with Crippen LogP contribution in [0.2, 0.25) is 10.0 Å². The van der Waals surface area contributed by atoms with Crippen molar-refractivity contribution in [1.82, 2.24) is 20.1 Å². The van der Waals surface area contributed by atoms with E-state index in [0.29, 0.717) is 39.3 Å². The Morgan fingerprint density at radius 3 is 2.66 bits per heavy atom. The van der Waals surface area contributed by atoms with E-state index in [1.165, 1.54) is 5.56 Å². The van der Waals surface area contributed by atoms with Gasteiger partial charge in [0.2, 0.25) is 0 Å². The summed E-state index contributed by atoms with van der Waals surface area (Å²) >= 11 is 12.6. The second-order valence-electron chi connectivity index (χ2n) is 11.1. The number of carbonyl (C=O) groups is 1. The standard InChI is InChI=1S/C31H34Cl2N6O2/c1-39-12-8-19(9-13-39)20-2-5-25(28(18-20)34-23-10-14-41-15-11-23)31(40)36-30-29-27(37-38-30)7-4-24(35-29)17-21-16-22(32)3-6-26(21)33/h2-7,16,18-19,23,34H,8-15,17H2,1H3,(H2,36,37,38,40). The molecule has 0 atom stereocenters. The molecule has 0 spiro atoms. The number of fused-ring (bicyclic) bond motifs is 1. The largest absolute Gasteiger partial charge is 0.381 e. The summed E-state index contributed by atoms with van der Waals surface area (Å²) in [5, 5.41) is 15.3. The number of benzene rings is 2. The Morgan fingerprint density at radius 1 is 1.05 bits per heavy atom. The van der Waals surface area contributed by atoms with Gasteiger partial charge in [0.25, 0.3) is 5.91 Å². The minimum absolute atomic E-state index is 0.229. The molecule has 0 aliphatic carbocycles. The second kappa shape index (κ2) is 12.4. The Balaban J connectivity index is 1.26. The number of anilines is 2. The van der Waals surface area contributed by atoms with Crippen LogP contribution in [-0.4, -0.2) is 65.4 Å². The van der Waals surface area contributed by atoms with Crippen LogP contribution in [0.3, 0.4) is 0 Å². The Morgan fingerprint density at radius 2 is 1.85 bits per heavy atom. The molecule has 4 heterocycles. The van der Waals surface area contributed by atoms with Crippen LogP contribution in [0.15, 0.2) is 48.5 Å². The zero-order chi connectivity index (χ0) is 28.3. The molecule has 4 aromatic rings. The van der Waals surface area contributed by atoms with Crippen LogP contribution in [0.1, 0.15) is 58.8 Å². The third-order valence-corrected chi connectivity index (χ3v) is 8.74. The average molecular weight is 594 g/mol. The number of ether oxygens (including phenoxy) is 1. The van der Waals surface area contributed by atoms with Crippen molar-refractivity contribution in [3.63, 3.8) is 0 Å². The number of carbonyl (C=O) groups excluding carboxylic acids is 1. The molecule has 0 radical (unpaired) electrons. The zero-order valence-corrected chi connectivity index (χ0v) is 24.6. The minimum Gasteiger partial charge on any atom is -0.381 e. The van der Waals surface area contributed by atoms with E-state index in [0.717, 1.165) is 74.4 Å². The number of piperidine rings is 1. The van der Waals surface area contributed by atoms with Crippen LogP contribution in [0.5, 0.6) is 0 Å². The fraction of sp³-hybridized carbons (Fsp3) is 0.387. The van der Waals surface area contributed by atoms with E-state index < -0.39 is 0 Å². The van der Waals surface area contributed by atoms with Crippen LogP contribution in [-0.2, 0) is 11.2 Å². The summed E-state index contributed by atoms with van der Waals surface area (Å²) in [6.07, 6.45) is 4.56. The van der Waals surface area contributed by atoms with Gasteiger partial charge in [-0.3, -0.25) is 9.89 Å². The van der Waals surface area contributed by atoms with E-state index in [-0.39, 0.29) is 11.9 Å². The van der Waals surface area contributed by atoms with Crippen molar-refractivity contribution in [2.24, 2.45) is 0 Å². The van der Waals surface area contributed by atoms with E-state index in [4.69, 9.17) is 32.9 Å². The molecule has 8 nitrogen and oxygen atoms in total. The van der Waals surface area contributed by atoms with Crippen LogP contribution in [0.25, 0.3) is 11.0 Å². The normalized spacial score (nSPS) is 17.1. The van der Waals surface area contributed by atoms with Gasteiger partial charge in [0.15, 0.2) is 5.82 Å².